The summed E-state index contributed by atoms with van der Waals surface area (Å²) in [6.45, 7) is 4.33. The Balaban J connectivity index is 1.26. The van der Waals surface area contributed by atoms with Gasteiger partial charge in [-0.05, 0) is 37.3 Å². The van der Waals surface area contributed by atoms with Gasteiger partial charge in [0.2, 0.25) is 11.8 Å². The molecule has 1 saturated carbocycles. The highest BCUT2D eigenvalue weighted by molar-refractivity contribution is 6.32. The van der Waals surface area contributed by atoms with E-state index in [-0.39, 0.29) is 35.5 Å². The van der Waals surface area contributed by atoms with E-state index in [2.05, 4.69) is 27.8 Å². The number of fused-ring (bicyclic) bond motifs is 5. The number of rotatable bonds is 8. The lowest BCUT2D eigenvalue weighted by molar-refractivity contribution is -0.140. The van der Waals surface area contributed by atoms with Crippen molar-refractivity contribution in [3.8, 4) is 5.75 Å². The summed E-state index contributed by atoms with van der Waals surface area (Å²) in [4.78, 5) is 31.4. The molecule has 4 unspecified atom stereocenters. The fraction of sp³-hybridized carbons (Fsp3) is 0.500. The Bertz CT molecular complexity index is 842. The van der Waals surface area contributed by atoms with Gasteiger partial charge in [0.15, 0.2) is 5.96 Å². The number of ether oxygens (including phenoxy) is 1. The average molecular weight is 431 g/mol. The van der Waals surface area contributed by atoms with E-state index in [0.717, 1.165) is 6.42 Å². The third-order valence-corrected chi connectivity index (χ3v) is 6.30. The minimum atomic E-state index is -0.148. The Kier molecular flexibility index (Phi) is 6.27. The van der Waals surface area contributed by atoms with Crippen LogP contribution in [0.25, 0.3) is 0 Å². The van der Waals surface area contributed by atoms with Crippen LogP contribution in [0.3, 0.4) is 0 Å². The predicted molar refractivity (Wildman–Crippen MR) is 115 cm³/mol. The molecule has 2 aliphatic carbocycles. The van der Waals surface area contributed by atoms with E-state index in [9.17, 15) is 9.59 Å². The molecule has 0 radical (unpaired) electrons. The largest absolute Gasteiger partial charge is 0.490 e. The number of aliphatic imine (C=N–C) groups is 1. The average Bonchev–Trinajstić information content (AvgIpc) is 3.42. The summed E-state index contributed by atoms with van der Waals surface area (Å²) in [7, 11) is 0. The van der Waals surface area contributed by atoms with E-state index >= 15 is 0 Å². The van der Waals surface area contributed by atoms with Gasteiger partial charge in [-0.2, -0.15) is 0 Å². The minimum Gasteiger partial charge on any atom is -0.490 e. The zero-order valence-electron chi connectivity index (χ0n) is 17.0. The second-order valence-electron chi connectivity index (χ2n) is 7.79. The molecule has 4 atom stereocenters. The number of guanidine groups is 1. The van der Waals surface area contributed by atoms with Gasteiger partial charge in [-0.25, -0.2) is 0 Å². The van der Waals surface area contributed by atoms with E-state index in [1.54, 1.807) is 6.07 Å². The number of hydrogen-bond acceptors (Lipinski definition) is 4. The maximum absolute atomic E-state index is 12.7. The van der Waals surface area contributed by atoms with E-state index in [0.29, 0.717) is 49.5 Å². The van der Waals surface area contributed by atoms with Crippen molar-refractivity contribution in [1.82, 2.24) is 15.5 Å². The Morgan fingerprint density at radius 3 is 2.53 bits per heavy atom. The highest BCUT2D eigenvalue weighted by Crippen LogP contribution is 2.52. The lowest BCUT2D eigenvalue weighted by Gasteiger charge is -2.17. The molecule has 1 aromatic rings. The van der Waals surface area contributed by atoms with E-state index < -0.39 is 0 Å². The van der Waals surface area contributed by atoms with Crippen LogP contribution in [0.2, 0.25) is 5.02 Å². The van der Waals surface area contributed by atoms with Crippen molar-refractivity contribution in [2.24, 2.45) is 28.7 Å². The number of likely N-dealkylation sites (tertiary alicyclic amines) is 1. The van der Waals surface area contributed by atoms with Gasteiger partial charge in [0.1, 0.15) is 12.4 Å². The van der Waals surface area contributed by atoms with Crippen molar-refractivity contribution < 1.29 is 14.3 Å². The minimum absolute atomic E-state index is 0.0249. The molecular weight excluding hydrogens is 404 g/mol. The molecule has 2 amide bonds. The molecule has 1 heterocycles. The molecular formula is C22H27ClN4O3. The molecule has 30 heavy (non-hydrogen) atoms. The highest BCUT2D eigenvalue weighted by Gasteiger charge is 2.58. The van der Waals surface area contributed by atoms with Gasteiger partial charge in [0.25, 0.3) is 0 Å². The first-order valence-electron chi connectivity index (χ1n) is 10.5. The van der Waals surface area contributed by atoms with Gasteiger partial charge >= 0.3 is 0 Å². The summed E-state index contributed by atoms with van der Waals surface area (Å²) in [5, 5.41) is 6.93. The first-order valence-corrected chi connectivity index (χ1v) is 10.9. The van der Waals surface area contributed by atoms with Crippen LogP contribution in [-0.2, 0) is 9.59 Å². The lowest BCUT2D eigenvalue weighted by atomic mass is 9.85. The summed E-state index contributed by atoms with van der Waals surface area (Å²) in [6.07, 6.45) is 5.16. The quantitative estimate of drug-likeness (QED) is 0.217. The Morgan fingerprint density at radius 2 is 1.87 bits per heavy atom. The van der Waals surface area contributed by atoms with Crippen molar-refractivity contribution in [2.75, 3.05) is 32.8 Å². The van der Waals surface area contributed by atoms with Gasteiger partial charge in [-0.3, -0.25) is 19.5 Å². The number of nitrogens with one attached hydrogen (secondary N) is 2. The van der Waals surface area contributed by atoms with Crippen molar-refractivity contribution in [3.05, 3.63) is 41.4 Å². The smallest absolute Gasteiger partial charge is 0.233 e. The van der Waals surface area contributed by atoms with Gasteiger partial charge < -0.3 is 15.4 Å². The van der Waals surface area contributed by atoms with Crippen molar-refractivity contribution in [2.45, 2.75) is 13.3 Å². The van der Waals surface area contributed by atoms with Gasteiger partial charge in [0.05, 0.1) is 29.9 Å². The van der Waals surface area contributed by atoms with Crippen LogP contribution in [0.5, 0.6) is 5.75 Å². The molecule has 0 spiro atoms. The van der Waals surface area contributed by atoms with Crippen molar-refractivity contribution >= 4 is 29.4 Å². The number of carbonyl (C=O) groups excluding carboxylic acids is 2. The van der Waals surface area contributed by atoms with Crippen LogP contribution in [0, 0.1) is 23.7 Å². The Morgan fingerprint density at radius 1 is 1.17 bits per heavy atom. The highest BCUT2D eigenvalue weighted by atomic mass is 35.5. The van der Waals surface area contributed by atoms with Crippen LogP contribution >= 0.6 is 11.6 Å². The Labute approximate surface area is 181 Å². The zero-order chi connectivity index (χ0) is 21.1. The number of imide groups is 1. The maximum Gasteiger partial charge on any atom is 0.233 e. The molecule has 4 rings (SSSR count). The van der Waals surface area contributed by atoms with Crippen molar-refractivity contribution in [1.29, 1.82) is 0 Å². The lowest BCUT2D eigenvalue weighted by Crippen LogP contribution is -2.40. The number of carbonyl (C=O) groups is 2. The van der Waals surface area contributed by atoms with Gasteiger partial charge in [0, 0.05) is 13.1 Å². The molecule has 2 bridgehead atoms. The summed E-state index contributed by atoms with van der Waals surface area (Å²) in [5.74, 6) is 1.40. The summed E-state index contributed by atoms with van der Waals surface area (Å²) < 4.78 is 5.67. The molecule has 2 N–H and O–H groups in total. The molecule has 2 fully saturated rings. The van der Waals surface area contributed by atoms with Crippen LogP contribution < -0.4 is 15.4 Å². The summed E-state index contributed by atoms with van der Waals surface area (Å²) >= 11 is 6.08. The normalized spacial score (nSPS) is 27.0. The SMILES string of the molecule is CCNC(=NCCN1C(=O)C2C3C=CC(C3)C2C1=O)NCCOc1ccccc1Cl. The molecule has 8 heteroatoms. The Hall–Kier alpha value is -2.54. The predicted octanol–water partition coefficient (Wildman–Crippen LogP) is 2.08. The topological polar surface area (TPSA) is 83.0 Å². The first kappa shape index (κ1) is 20.7. The number of benzene rings is 1. The zero-order valence-corrected chi connectivity index (χ0v) is 17.8. The fourth-order valence-electron chi connectivity index (χ4n) is 4.68. The van der Waals surface area contributed by atoms with E-state index in [4.69, 9.17) is 16.3 Å². The van der Waals surface area contributed by atoms with E-state index in [1.807, 2.05) is 25.1 Å². The molecule has 1 aliphatic heterocycles. The fourth-order valence-corrected chi connectivity index (χ4v) is 4.87. The van der Waals surface area contributed by atoms with Crippen LogP contribution in [-0.4, -0.2) is 55.5 Å². The summed E-state index contributed by atoms with van der Waals surface area (Å²) in [6, 6.07) is 7.33. The third kappa shape index (κ3) is 4.03. The van der Waals surface area contributed by atoms with Crippen molar-refractivity contribution in [3.63, 3.8) is 0 Å². The number of halogens is 1. The van der Waals surface area contributed by atoms with E-state index in [1.165, 1.54) is 4.90 Å². The molecule has 7 nitrogen and oxygen atoms in total. The standard InChI is InChI=1S/C22H27ClN4O3/c1-2-24-22(26-10-12-30-17-6-4-3-5-16(17)23)25-9-11-27-20(28)18-14-7-8-15(13-14)19(18)21(27)29/h3-8,14-15,18-19H,2,9-13H2,1H3,(H2,24,25,26). The third-order valence-electron chi connectivity index (χ3n) is 5.99. The van der Waals surface area contributed by atoms with Gasteiger partial charge in [-0.1, -0.05) is 35.9 Å². The van der Waals surface area contributed by atoms with Crippen LogP contribution in [0.4, 0.5) is 0 Å². The molecule has 1 saturated heterocycles. The number of hydrogen-bond donors (Lipinski definition) is 2. The molecule has 1 aromatic carbocycles. The monoisotopic (exact) mass is 430 g/mol. The molecule has 3 aliphatic rings. The van der Waals surface area contributed by atoms with Crippen LogP contribution in [0.1, 0.15) is 13.3 Å². The van der Waals surface area contributed by atoms with Gasteiger partial charge in [-0.15, -0.1) is 0 Å². The first-order chi connectivity index (χ1) is 14.6. The molecule has 0 aromatic heterocycles. The number of amides is 2. The molecule has 160 valence electrons. The number of allylic oxidation sites excluding steroid dienone is 2. The number of nitrogens with zero attached hydrogens (tertiary/aromatic N) is 2. The second kappa shape index (κ2) is 9.08. The van der Waals surface area contributed by atoms with Crippen LogP contribution in [0.15, 0.2) is 41.4 Å². The maximum atomic E-state index is 12.7. The second-order valence-corrected chi connectivity index (χ2v) is 8.20. The number of para-hydroxylation sites is 1. The summed E-state index contributed by atoms with van der Waals surface area (Å²) in [5.41, 5.74) is 0.